The fourth-order valence-corrected chi connectivity index (χ4v) is 2.93. The van der Waals surface area contributed by atoms with Crippen LogP contribution in [0.2, 0.25) is 0 Å². The summed E-state index contributed by atoms with van der Waals surface area (Å²) in [6, 6.07) is 8.49. The van der Waals surface area contributed by atoms with E-state index in [-0.39, 0.29) is 0 Å². The number of nitrogens with one attached hydrogen (secondary N) is 2. The van der Waals surface area contributed by atoms with Crippen molar-refractivity contribution in [1.29, 1.82) is 0 Å². The number of anilines is 3. The highest BCUT2D eigenvalue weighted by Crippen LogP contribution is 2.39. The Kier molecular flexibility index (Phi) is 3.46. The molecule has 116 valence electrons. The van der Waals surface area contributed by atoms with Crippen LogP contribution in [0.15, 0.2) is 24.3 Å². The third-order valence-electron chi connectivity index (χ3n) is 4.47. The SMILES string of the molecule is NC1CCN(c2cccc(Nc3cc(C4CC4)[nH]n3)n2)CC1. The highest BCUT2D eigenvalue weighted by atomic mass is 15.2. The Bertz CT molecular complexity index is 640. The van der Waals surface area contributed by atoms with Crippen molar-refractivity contribution in [2.24, 2.45) is 5.73 Å². The maximum atomic E-state index is 5.97. The molecule has 0 unspecified atom stereocenters. The quantitative estimate of drug-likeness (QED) is 0.807. The Hall–Kier alpha value is -2.08. The first-order valence-electron chi connectivity index (χ1n) is 8.08. The number of rotatable bonds is 4. The highest BCUT2D eigenvalue weighted by Gasteiger charge is 2.25. The molecule has 0 atom stereocenters. The van der Waals surface area contributed by atoms with Gasteiger partial charge in [0.2, 0.25) is 0 Å². The van der Waals surface area contributed by atoms with Crippen LogP contribution in [0.3, 0.4) is 0 Å². The lowest BCUT2D eigenvalue weighted by Gasteiger charge is -2.31. The zero-order valence-corrected chi connectivity index (χ0v) is 12.6. The molecule has 1 aliphatic heterocycles. The Labute approximate surface area is 130 Å². The standard InChI is InChI=1S/C16H22N6/c17-12-6-8-22(9-7-12)16-3-1-2-14(19-16)18-15-10-13(20-21-15)11-4-5-11/h1-3,10-12H,4-9,17H2,(H2,18,19,20,21). The minimum atomic E-state index is 0.336. The molecule has 2 aromatic rings. The first kappa shape index (κ1) is 13.6. The molecule has 0 amide bonds. The van der Waals surface area contributed by atoms with E-state index in [4.69, 9.17) is 10.7 Å². The summed E-state index contributed by atoms with van der Waals surface area (Å²) in [5.74, 6) is 3.36. The first-order chi connectivity index (χ1) is 10.8. The molecule has 2 fully saturated rings. The van der Waals surface area contributed by atoms with Crippen molar-refractivity contribution in [3.63, 3.8) is 0 Å². The van der Waals surface area contributed by atoms with Gasteiger partial charge in [-0.15, -0.1) is 0 Å². The van der Waals surface area contributed by atoms with Gasteiger partial charge in [0.05, 0.1) is 0 Å². The third kappa shape index (κ3) is 2.92. The van der Waals surface area contributed by atoms with E-state index in [1.54, 1.807) is 0 Å². The van der Waals surface area contributed by atoms with Gasteiger partial charge in [-0.25, -0.2) is 4.98 Å². The molecule has 1 saturated carbocycles. The van der Waals surface area contributed by atoms with Gasteiger partial charge in [-0.2, -0.15) is 5.10 Å². The van der Waals surface area contributed by atoms with Gasteiger partial charge in [0, 0.05) is 36.8 Å². The van der Waals surface area contributed by atoms with Gasteiger partial charge in [0.15, 0.2) is 5.82 Å². The van der Waals surface area contributed by atoms with Crippen molar-refractivity contribution in [2.75, 3.05) is 23.3 Å². The molecule has 4 rings (SSSR count). The molecule has 2 aromatic heterocycles. The maximum absolute atomic E-state index is 5.97. The van der Waals surface area contributed by atoms with E-state index in [1.165, 1.54) is 18.5 Å². The average Bonchev–Trinajstić information content (AvgIpc) is 3.29. The van der Waals surface area contributed by atoms with E-state index < -0.39 is 0 Å². The van der Waals surface area contributed by atoms with E-state index in [0.717, 1.165) is 43.4 Å². The molecule has 6 nitrogen and oxygen atoms in total. The van der Waals surface area contributed by atoms with E-state index in [2.05, 4.69) is 32.5 Å². The lowest BCUT2D eigenvalue weighted by molar-refractivity contribution is 0.499. The average molecular weight is 298 g/mol. The van der Waals surface area contributed by atoms with E-state index >= 15 is 0 Å². The third-order valence-corrected chi connectivity index (χ3v) is 4.47. The molecule has 1 aliphatic carbocycles. The van der Waals surface area contributed by atoms with Crippen LogP contribution in [-0.4, -0.2) is 34.3 Å². The smallest absolute Gasteiger partial charge is 0.153 e. The van der Waals surface area contributed by atoms with Crippen LogP contribution < -0.4 is 16.0 Å². The number of aromatic nitrogens is 3. The molecule has 3 heterocycles. The number of hydrogen-bond donors (Lipinski definition) is 3. The zero-order chi connectivity index (χ0) is 14.9. The van der Waals surface area contributed by atoms with Crippen LogP contribution in [0.1, 0.15) is 37.3 Å². The minimum absolute atomic E-state index is 0.336. The highest BCUT2D eigenvalue weighted by molar-refractivity contribution is 5.55. The fraction of sp³-hybridized carbons (Fsp3) is 0.500. The second-order valence-electron chi connectivity index (χ2n) is 6.31. The van der Waals surface area contributed by atoms with E-state index in [1.807, 2.05) is 12.1 Å². The summed E-state index contributed by atoms with van der Waals surface area (Å²) in [5, 5.41) is 10.7. The van der Waals surface area contributed by atoms with Gasteiger partial charge in [-0.3, -0.25) is 5.10 Å². The van der Waals surface area contributed by atoms with Crippen molar-refractivity contribution in [3.05, 3.63) is 30.0 Å². The van der Waals surface area contributed by atoms with Gasteiger partial charge >= 0.3 is 0 Å². The van der Waals surface area contributed by atoms with Crippen LogP contribution in [0.25, 0.3) is 0 Å². The molecule has 6 heteroatoms. The van der Waals surface area contributed by atoms with Gasteiger partial charge < -0.3 is 16.0 Å². The number of aromatic amines is 1. The lowest BCUT2D eigenvalue weighted by Crippen LogP contribution is -2.40. The van der Waals surface area contributed by atoms with Gasteiger partial charge in [0.1, 0.15) is 11.6 Å². The lowest BCUT2D eigenvalue weighted by atomic mass is 10.1. The van der Waals surface area contributed by atoms with E-state index in [0.29, 0.717) is 12.0 Å². The molecule has 0 radical (unpaired) electrons. The second-order valence-corrected chi connectivity index (χ2v) is 6.31. The zero-order valence-electron chi connectivity index (χ0n) is 12.6. The Balaban J connectivity index is 1.46. The fourth-order valence-electron chi connectivity index (χ4n) is 2.93. The molecular formula is C16H22N6. The number of hydrogen-bond acceptors (Lipinski definition) is 5. The molecule has 22 heavy (non-hydrogen) atoms. The van der Waals surface area contributed by atoms with Crippen molar-refractivity contribution in [2.45, 2.75) is 37.6 Å². The summed E-state index contributed by atoms with van der Waals surface area (Å²) in [6.07, 6.45) is 4.60. The van der Waals surface area contributed by atoms with Crippen LogP contribution >= 0.6 is 0 Å². The summed E-state index contributed by atoms with van der Waals surface area (Å²) in [7, 11) is 0. The topological polar surface area (TPSA) is 82.9 Å². The molecule has 0 spiro atoms. The van der Waals surface area contributed by atoms with Crippen LogP contribution in [0.5, 0.6) is 0 Å². The molecular weight excluding hydrogens is 276 g/mol. The molecule has 0 bridgehead atoms. The van der Waals surface area contributed by atoms with Gasteiger partial charge in [-0.05, 0) is 37.8 Å². The monoisotopic (exact) mass is 298 g/mol. The van der Waals surface area contributed by atoms with Crippen LogP contribution in [0.4, 0.5) is 17.5 Å². The Morgan fingerprint density at radius 1 is 1.14 bits per heavy atom. The van der Waals surface area contributed by atoms with Crippen LogP contribution in [-0.2, 0) is 0 Å². The number of pyridine rings is 1. The van der Waals surface area contributed by atoms with Crippen molar-refractivity contribution >= 4 is 17.5 Å². The minimum Gasteiger partial charge on any atom is -0.356 e. The van der Waals surface area contributed by atoms with Crippen molar-refractivity contribution in [1.82, 2.24) is 15.2 Å². The van der Waals surface area contributed by atoms with E-state index in [9.17, 15) is 0 Å². The summed E-state index contributed by atoms with van der Waals surface area (Å²) >= 11 is 0. The summed E-state index contributed by atoms with van der Waals surface area (Å²) < 4.78 is 0. The second kappa shape index (κ2) is 5.61. The van der Waals surface area contributed by atoms with Crippen LogP contribution in [0, 0.1) is 0 Å². The number of nitrogens with two attached hydrogens (primary N) is 1. The predicted molar refractivity (Wildman–Crippen MR) is 87.5 cm³/mol. The molecule has 4 N–H and O–H groups in total. The van der Waals surface area contributed by atoms with Gasteiger partial charge in [0.25, 0.3) is 0 Å². The first-order valence-corrected chi connectivity index (χ1v) is 8.08. The molecule has 1 saturated heterocycles. The molecule has 2 aliphatic rings. The normalized spacial score (nSPS) is 19.4. The van der Waals surface area contributed by atoms with Gasteiger partial charge in [-0.1, -0.05) is 6.07 Å². The molecule has 0 aromatic carbocycles. The number of piperidine rings is 1. The largest absolute Gasteiger partial charge is 0.356 e. The maximum Gasteiger partial charge on any atom is 0.153 e. The summed E-state index contributed by atoms with van der Waals surface area (Å²) in [5.41, 5.74) is 7.19. The Morgan fingerprint density at radius 2 is 1.95 bits per heavy atom. The van der Waals surface area contributed by atoms with Crippen molar-refractivity contribution < 1.29 is 0 Å². The number of H-pyrrole nitrogens is 1. The van der Waals surface area contributed by atoms with Crippen molar-refractivity contribution in [3.8, 4) is 0 Å². The Morgan fingerprint density at radius 3 is 2.73 bits per heavy atom. The summed E-state index contributed by atoms with van der Waals surface area (Å²) in [4.78, 5) is 7.01. The summed E-state index contributed by atoms with van der Waals surface area (Å²) in [6.45, 7) is 1.96. The predicted octanol–water partition coefficient (Wildman–Crippen LogP) is 2.35. The number of nitrogens with zero attached hydrogens (tertiary/aromatic N) is 3.